The predicted octanol–water partition coefficient (Wildman–Crippen LogP) is 6.28. The SMILES string of the molecule is CC1CCC(C(C)I)C(OC(=O)c2ccccc2NS(=O)(=O)c2cc(Cl)cc(Cl)c2O)C1. The smallest absolute Gasteiger partial charge is 0.340 e. The molecule has 10 heteroatoms. The van der Waals surface area contributed by atoms with Gasteiger partial charge >= 0.3 is 5.97 Å². The fraction of sp³-hybridized carbons (Fsp3) is 0.409. The molecule has 174 valence electrons. The van der Waals surface area contributed by atoms with Gasteiger partial charge in [0.15, 0.2) is 5.75 Å². The van der Waals surface area contributed by atoms with Gasteiger partial charge in [-0.3, -0.25) is 4.72 Å². The van der Waals surface area contributed by atoms with Crippen LogP contribution in [0.4, 0.5) is 5.69 Å². The number of sulfonamides is 1. The molecular formula is C22H24Cl2INO5S. The van der Waals surface area contributed by atoms with E-state index >= 15 is 0 Å². The highest BCUT2D eigenvalue weighted by molar-refractivity contribution is 14.1. The molecule has 0 radical (unpaired) electrons. The number of aromatic hydroxyl groups is 1. The van der Waals surface area contributed by atoms with E-state index in [1.165, 1.54) is 18.2 Å². The Morgan fingerprint density at radius 1 is 1.25 bits per heavy atom. The number of phenolic OH excluding ortho intramolecular Hbond substituents is 1. The first-order valence-corrected chi connectivity index (χ1v) is 13.6. The summed E-state index contributed by atoms with van der Waals surface area (Å²) in [6, 6.07) is 8.50. The third-order valence-corrected chi connectivity index (χ3v) is 8.44. The first kappa shape index (κ1) is 25.4. The van der Waals surface area contributed by atoms with Gasteiger partial charge in [0, 0.05) is 14.9 Å². The van der Waals surface area contributed by atoms with Crippen LogP contribution in [0.15, 0.2) is 41.3 Å². The largest absolute Gasteiger partial charge is 0.505 e. The van der Waals surface area contributed by atoms with Crippen molar-refractivity contribution in [1.82, 2.24) is 0 Å². The van der Waals surface area contributed by atoms with Gasteiger partial charge in [-0.25, -0.2) is 13.2 Å². The Labute approximate surface area is 211 Å². The lowest BCUT2D eigenvalue weighted by molar-refractivity contribution is -0.00541. The van der Waals surface area contributed by atoms with Crippen molar-refractivity contribution in [2.24, 2.45) is 11.8 Å². The van der Waals surface area contributed by atoms with Crippen LogP contribution in [0.5, 0.6) is 5.75 Å². The third kappa shape index (κ3) is 5.81. The van der Waals surface area contributed by atoms with E-state index in [1.807, 2.05) is 0 Å². The lowest BCUT2D eigenvalue weighted by atomic mass is 9.79. The molecule has 0 aromatic heterocycles. The molecule has 0 amide bonds. The maximum Gasteiger partial charge on any atom is 0.340 e. The van der Waals surface area contributed by atoms with Crippen molar-refractivity contribution in [3.63, 3.8) is 0 Å². The number of phenols is 1. The fourth-order valence-electron chi connectivity index (χ4n) is 3.91. The second-order valence-electron chi connectivity index (χ2n) is 8.09. The maximum absolute atomic E-state index is 13.1. The highest BCUT2D eigenvalue weighted by Crippen LogP contribution is 2.37. The Balaban J connectivity index is 1.88. The predicted molar refractivity (Wildman–Crippen MR) is 135 cm³/mol. The highest BCUT2D eigenvalue weighted by atomic mass is 127. The monoisotopic (exact) mass is 611 g/mol. The minimum absolute atomic E-state index is 0.0379. The average molecular weight is 612 g/mol. The summed E-state index contributed by atoms with van der Waals surface area (Å²) in [5, 5.41) is 9.98. The summed E-state index contributed by atoms with van der Waals surface area (Å²) in [7, 11) is -4.29. The van der Waals surface area contributed by atoms with Crippen molar-refractivity contribution in [3.05, 3.63) is 52.0 Å². The fourth-order valence-corrected chi connectivity index (χ4v) is 6.57. The van der Waals surface area contributed by atoms with Crippen LogP contribution >= 0.6 is 45.8 Å². The minimum Gasteiger partial charge on any atom is -0.505 e. The summed E-state index contributed by atoms with van der Waals surface area (Å²) in [6.45, 7) is 4.24. The van der Waals surface area contributed by atoms with Gasteiger partial charge in [-0.05, 0) is 43.0 Å². The second-order valence-corrected chi connectivity index (χ2v) is 12.5. The van der Waals surface area contributed by atoms with Crippen LogP contribution in [0, 0.1) is 11.8 Å². The van der Waals surface area contributed by atoms with E-state index in [2.05, 4.69) is 41.2 Å². The van der Waals surface area contributed by atoms with E-state index in [1.54, 1.807) is 12.1 Å². The average Bonchev–Trinajstić information content (AvgIpc) is 2.70. The molecule has 1 fully saturated rings. The molecule has 1 aliphatic rings. The standard InChI is InChI=1S/C22H24Cl2INO5S/c1-12-7-8-15(13(2)25)19(9-12)31-22(28)16-5-3-4-6-18(16)26-32(29,30)20-11-14(23)10-17(24)21(20)27/h3-6,10-13,15,19,26-27H,7-9H2,1-2H3. The zero-order valence-electron chi connectivity index (χ0n) is 17.5. The number of alkyl halides is 1. The van der Waals surface area contributed by atoms with Crippen molar-refractivity contribution in [2.45, 2.75) is 48.0 Å². The summed E-state index contributed by atoms with van der Waals surface area (Å²) < 4.78 is 34.4. The number of halogens is 3. The summed E-state index contributed by atoms with van der Waals surface area (Å²) in [6.07, 6.45) is 2.60. The molecule has 32 heavy (non-hydrogen) atoms. The maximum atomic E-state index is 13.1. The quantitative estimate of drug-likeness (QED) is 0.228. The van der Waals surface area contributed by atoms with Gasteiger partial charge in [-0.1, -0.05) is 78.2 Å². The number of hydrogen-bond donors (Lipinski definition) is 2. The molecule has 0 spiro atoms. The molecule has 0 heterocycles. The van der Waals surface area contributed by atoms with E-state index in [4.69, 9.17) is 27.9 Å². The van der Waals surface area contributed by atoms with Crippen LogP contribution in [0.25, 0.3) is 0 Å². The number of benzene rings is 2. The molecule has 0 aliphatic heterocycles. The molecule has 0 bridgehead atoms. The Kier molecular flexibility index (Phi) is 8.22. The molecule has 2 N–H and O–H groups in total. The Morgan fingerprint density at radius 3 is 2.62 bits per heavy atom. The zero-order chi connectivity index (χ0) is 23.6. The van der Waals surface area contributed by atoms with Crippen molar-refractivity contribution in [1.29, 1.82) is 0 Å². The topological polar surface area (TPSA) is 92.7 Å². The minimum atomic E-state index is -4.29. The molecule has 4 unspecified atom stereocenters. The third-order valence-electron chi connectivity index (χ3n) is 5.63. The number of hydrogen-bond acceptors (Lipinski definition) is 5. The Morgan fingerprint density at radius 2 is 1.94 bits per heavy atom. The number of ether oxygens (including phenoxy) is 1. The first-order valence-electron chi connectivity index (χ1n) is 10.1. The summed E-state index contributed by atoms with van der Waals surface area (Å²) in [4.78, 5) is 12.6. The lowest BCUT2D eigenvalue weighted by Crippen LogP contribution is -2.37. The van der Waals surface area contributed by atoms with Gasteiger partial charge in [-0.2, -0.15) is 0 Å². The van der Waals surface area contributed by atoms with Crippen LogP contribution in [0.2, 0.25) is 10.0 Å². The molecule has 0 saturated heterocycles. The van der Waals surface area contributed by atoms with Crippen molar-refractivity contribution < 1.29 is 23.1 Å². The van der Waals surface area contributed by atoms with Crippen LogP contribution in [0.3, 0.4) is 0 Å². The van der Waals surface area contributed by atoms with E-state index < -0.39 is 26.6 Å². The normalized spacial score (nSPS) is 22.2. The molecule has 2 aromatic carbocycles. The lowest BCUT2D eigenvalue weighted by Gasteiger charge is -2.36. The van der Waals surface area contributed by atoms with Crippen LogP contribution < -0.4 is 4.72 Å². The van der Waals surface area contributed by atoms with Gasteiger partial charge in [0.05, 0.1) is 16.3 Å². The molecule has 1 saturated carbocycles. The Bertz CT molecular complexity index is 1110. The van der Waals surface area contributed by atoms with Crippen LogP contribution in [-0.4, -0.2) is 29.5 Å². The van der Waals surface area contributed by atoms with E-state index in [0.29, 0.717) is 9.84 Å². The number of carbonyl (C=O) groups is 1. The van der Waals surface area contributed by atoms with Crippen molar-refractivity contribution in [2.75, 3.05) is 4.72 Å². The van der Waals surface area contributed by atoms with E-state index in [-0.39, 0.29) is 33.3 Å². The number of anilines is 1. The summed E-state index contributed by atoms with van der Waals surface area (Å²) in [5.74, 6) is -0.537. The van der Waals surface area contributed by atoms with Crippen LogP contribution in [0.1, 0.15) is 43.5 Å². The molecule has 1 aliphatic carbocycles. The number of para-hydroxylation sites is 1. The molecule has 6 nitrogen and oxygen atoms in total. The van der Waals surface area contributed by atoms with Crippen LogP contribution in [-0.2, 0) is 14.8 Å². The zero-order valence-corrected chi connectivity index (χ0v) is 22.0. The number of nitrogens with one attached hydrogen (secondary N) is 1. The van der Waals surface area contributed by atoms with Crippen molar-refractivity contribution in [3.8, 4) is 5.75 Å². The van der Waals surface area contributed by atoms with Gasteiger partial charge in [0.1, 0.15) is 11.0 Å². The number of carbonyl (C=O) groups excluding carboxylic acids is 1. The number of esters is 1. The summed E-state index contributed by atoms with van der Waals surface area (Å²) >= 11 is 14.1. The van der Waals surface area contributed by atoms with Gasteiger partial charge in [-0.15, -0.1) is 0 Å². The van der Waals surface area contributed by atoms with Gasteiger partial charge in [0.25, 0.3) is 10.0 Å². The number of rotatable bonds is 6. The van der Waals surface area contributed by atoms with E-state index in [0.717, 1.165) is 25.3 Å². The van der Waals surface area contributed by atoms with Gasteiger partial charge in [0.2, 0.25) is 0 Å². The highest BCUT2D eigenvalue weighted by Gasteiger charge is 2.35. The Hall–Kier alpha value is -1.23. The molecule has 4 atom stereocenters. The second kappa shape index (κ2) is 10.4. The first-order chi connectivity index (χ1) is 15.0. The molecular weight excluding hydrogens is 588 g/mol. The molecule has 3 rings (SSSR count). The molecule has 2 aromatic rings. The van der Waals surface area contributed by atoms with Gasteiger partial charge < -0.3 is 9.84 Å². The summed E-state index contributed by atoms with van der Waals surface area (Å²) in [5.41, 5.74) is 0.123. The van der Waals surface area contributed by atoms with Crippen molar-refractivity contribution >= 4 is 67.5 Å². The van der Waals surface area contributed by atoms with E-state index in [9.17, 15) is 18.3 Å².